The number of rotatable bonds is 0. The number of fused-ring (bicyclic) bond motifs is 1. The van der Waals surface area contributed by atoms with Crippen molar-refractivity contribution < 1.29 is 24.2 Å². The molecule has 0 saturated heterocycles. The molecule has 1 heterocycles. The minimum Gasteiger partial charge on any atom is -0.484 e. The number of nitrogens with one attached hydrogen (secondary N) is 1. The fraction of sp³-hybridized carbons (Fsp3) is 0.250. The van der Waals surface area contributed by atoms with Gasteiger partial charge in [-0.15, -0.1) is 60.7 Å². The first kappa shape index (κ1) is 28.3. The molecule has 3 aromatic rings. The molecule has 0 unspecified atom stereocenters. The van der Waals surface area contributed by atoms with Gasteiger partial charge in [0, 0.05) is 0 Å². The third-order valence-electron chi connectivity index (χ3n) is 1.99. The molecule has 0 spiro atoms. The third kappa shape index (κ3) is 19.5. The largest absolute Gasteiger partial charge is 0.484 e. The summed E-state index contributed by atoms with van der Waals surface area (Å²) in [6.07, 6.45) is 4.56. The van der Waals surface area contributed by atoms with Gasteiger partial charge in [-0.25, -0.2) is 0 Å². The molecule has 0 atom stereocenters. The van der Waals surface area contributed by atoms with Crippen molar-refractivity contribution in [2.45, 2.75) is 34.6 Å². The summed E-state index contributed by atoms with van der Waals surface area (Å²) in [6, 6.07) is 18.4. The van der Waals surface area contributed by atoms with Gasteiger partial charge in [-0.05, 0) is 0 Å². The van der Waals surface area contributed by atoms with Gasteiger partial charge in [0.15, 0.2) is 0 Å². The molecule has 134 valence electrons. The van der Waals surface area contributed by atoms with Gasteiger partial charge in [0.2, 0.25) is 0 Å². The van der Waals surface area contributed by atoms with Crippen molar-refractivity contribution in [1.29, 1.82) is 0 Å². The van der Waals surface area contributed by atoms with Crippen LogP contribution in [-0.2, 0) is 24.2 Å². The van der Waals surface area contributed by atoms with Crippen LogP contribution in [-0.4, -0.2) is 8.19 Å². The average molecular weight is 445 g/mol. The number of aromatic amines is 1. The van der Waals surface area contributed by atoms with Gasteiger partial charge in [0.05, 0.1) is 0 Å². The molecule has 0 amide bonds. The summed E-state index contributed by atoms with van der Waals surface area (Å²) in [5.74, 6) is 1.42. The molecular formula is C20H28Cl2NZr-3. The van der Waals surface area contributed by atoms with Crippen LogP contribution in [0, 0.1) is 12.1 Å². The molecule has 1 aromatic heterocycles. The summed E-state index contributed by atoms with van der Waals surface area (Å²) < 4.78 is 1.51. The Balaban J connectivity index is -0.000000258. The molecule has 0 aliphatic heterocycles. The monoisotopic (exact) mass is 442 g/mol. The zero-order chi connectivity index (χ0) is 16.8. The van der Waals surface area contributed by atoms with Crippen molar-refractivity contribution in [1.82, 2.24) is 4.98 Å². The smallest absolute Gasteiger partial charge is 0.0809 e. The van der Waals surface area contributed by atoms with Crippen LogP contribution >= 0.6 is 24.8 Å². The molecule has 0 bridgehead atoms. The second-order valence-corrected chi connectivity index (χ2v) is 7.93. The Bertz CT molecular complexity index is 547. The molecule has 1 N–H and O–H groups in total. The van der Waals surface area contributed by atoms with Crippen LogP contribution in [0.1, 0.15) is 34.6 Å². The molecule has 1 nitrogen and oxygen atoms in total. The normalized spacial score (nSPS) is 8.04. The molecule has 2 aromatic carbocycles. The Morgan fingerprint density at radius 1 is 1.04 bits per heavy atom. The number of hydrogen-bond donors (Lipinski definition) is 1. The Labute approximate surface area is 174 Å². The molecule has 24 heavy (non-hydrogen) atoms. The van der Waals surface area contributed by atoms with Crippen LogP contribution in [0.2, 0.25) is 0 Å². The van der Waals surface area contributed by atoms with Crippen LogP contribution in [0.5, 0.6) is 0 Å². The minimum atomic E-state index is 0. The Morgan fingerprint density at radius 2 is 1.58 bits per heavy atom. The Hall–Kier alpha value is -0.557. The van der Waals surface area contributed by atoms with E-state index >= 15 is 0 Å². The van der Waals surface area contributed by atoms with Crippen molar-refractivity contribution in [2.75, 3.05) is 0 Å². The van der Waals surface area contributed by atoms with Crippen molar-refractivity contribution in [3.8, 4) is 0 Å². The van der Waals surface area contributed by atoms with Gasteiger partial charge in [-0.3, -0.25) is 0 Å². The second-order valence-electron chi connectivity index (χ2n) is 5.47. The molecule has 0 aliphatic carbocycles. The van der Waals surface area contributed by atoms with E-state index in [1.54, 1.807) is 24.2 Å². The first-order chi connectivity index (χ1) is 10.4. The molecule has 4 heteroatoms. The maximum atomic E-state index is 2.74. The summed E-state index contributed by atoms with van der Waals surface area (Å²) in [5, 5.41) is 2.66. The molecule has 0 radical (unpaired) electrons. The fourth-order valence-corrected chi connectivity index (χ4v) is 1.31. The minimum absolute atomic E-state index is 0. The quantitative estimate of drug-likeness (QED) is 0.377. The molecular weight excluding hydrogens is 416 g/mol. The molecule has 0 saturated carbocycles. The summed E-state index contributed by atoms with van der Waals surface area (Å²) in [4.78, 5) is 2.74. The van der Waals surface area contributed by atoms with E-state index in [9.17, 15) is 0 Å². The Morgan fingerprint density at radius 3 is 1.96 bits per heavy atom. The van der Waals surface area contributed by atoms with Gasteiger partial charge in [0.1, 0.15) is 0 Å². The fourth-order valence-electron chi connectivity index (χ4n) is 1.31. The van der Waals surface area contributed by atoms with Crippen LogP contribution < -0.4 is 0 Å². The number of benzene rings is 1. The predicted molar refractivity (Wildman–Crippen MR) is 110 cm³/mol. The van der Waals surface area contributed by atoms with Gasteiger partial charge in [0.25, 0.3) is 0 Å². The van der Waals surface area contributed by atoms with Gasteiger partial charge in [-0.1, -0.05) is 6.07 Å². The molecule has 0 fully saturated rings. The average Bonchev–Trinajstić information content (AvgIpc) is 3.12. The third-order valence-corrected chi connectivity index (χ3v) is 1.99. The number of H-pyrrole nitrogens is 1. The summed E-state index contributed by atoms with van der Waals surface area (Å²) in [6.45, 7) is 10.5. The topological polar surface area (TPSA) is 15.8 Å². The van der Waals surface area contributed by atoms with E-state index in [1.807, 2.05) is 18.3 Å². The van der Waals surface area contributed by atoms with Crippen molar-refractivity contribution in [3.63, 3.8) is 0 Å². The zero-order valence-corrected chi connectivity index (χ0v) is 19.2. The van der Waals surface area contributed by atoms with E-state index in [4.69, 9.17) is 0 Å². The van der Waals surface area contributed by atoms with E-state index in [0.717, 1.165) is 0 Å². The van der Waals surface area contributed by atoms with Gasteiger partial charge >= 0.3 is 41.3 Å². The van der Waals surface area contributed by atoms with Crippen molar-refractivity contribution >= 4 is 38.8 Å². The maximum Gasteiger partial charge on any atom is -0.0809 e. The van der Waals surface area contributed by atoms with Crippen LogP contribution in [0.25, 0.3) is 10.8 Å². The SMILES string of the molecule is C[C-](C)C.C[C](C)=[Zr].Cl.Cl.[c-]1ccc[nH]1.c1ccc2[cH-]ccc2c1. The van der Waals surface area contributed by atoms with Gasteiger partial charge in [-0.2, -0.15) is 56.6 Å². The molecule has 3 rings (SSSR count). The summed E-state index contributed by atoms with van der Waals surface area (Å²) in [7, 11) is 0. The van der Waals surface area contributed by atoms with E-state index in [1.165, 1.54) is 19.9 Å². The van der Waals surface area contributed by atoms with Crippen molar-refractivity contribution in [3.05, 3.63) is 72.9 Å². The first-order valence-electron chi connectivity index (χ1n) is 7.32. The Kier molecular flexibility index (Phi) is 22.1. The van der Waals surface area contributed by atoms with Crippen LogP contribution in [0.4, 0.5) is 0 Å². The second kappa shape index (κ2) is 18.8. The summed E-state index contributed by atoms with van der Waals surface area (Å²) >= 11 is 1.55. The predicted octanol–water partition coefficient (Wildman–Crippen LogP) is 6.58. The van der Waals surface area contributed by atoms with E-state index in [0.29, 0.717) is 0 Å². The van der Waals surface area contributed by atoms with Crippen LogP contribution in [0.15, 0.2) is 60.8 Å². The van der Waals surface area contributed by atoms with Crippen LogP contribution in [0.3, 0.4) is 0 Å². The number of halogens is 2. The van der Waals surface area contributed by atoms with Gasteiger partial charge < -0.3 is 10.9 Å². The number of aromatic nitrogens is 1. The van der Waals surface area contributed by atoms with E-state index in [-0.39, 0.29) is 24.8 Å². The summed E-state index contributed by atoms with van der Waals surface area (Å²) in [5.41, 5.74) is 0. The molecule has 0 aliphatic rings. The first-order valence-corrected chi connectivity index (χ1v) is 8.54. The zero-order valence-electron chi connectivity index (χ0n) is 15.1. The van der Waals surface area contributed by atoms with E-state index < -0.39 is 0 Å². The van der Waals surface area contributed by atoms with Crippen molar-refractivity contribution in [2.24, 2.45) is 0 Å². The number of hydrogen-bond acceptors (Lipinski definition) is 0. The maximum absolute atomic E-state index is 2.74. The van der Waals surface area contributed by atoms with E-state index in [2.05, 4.69) is 88.3 Å². The standard InChI is InChI=1S/C9H7.C4H4N.C4H9.C3H6.2ClH.Zr/c1-2-5-9-7-3-6-8(9)4-1;1-2-4-5-3-1;1-4(2)3;1-3-2;;;/h1-7H;1-3,5H;1-3H3;1-2H3;2*1H;/q3*-1;;;;.